The van der Waals surface area contributed by atoms with E-state index in [0.717, 1.165) is 35.4 Å². The predicted octanol–water partition coefficient (Wildman–Crippen LogP) is 2.64. The Hall–Kier alpha value is -2.97. The molecule has 1 aliphatic heterocycles. The first kappa shape index (κ1) is 15.3. The maximum absolute atomic E-state index is 13.0. The number of methoxy groups -OCH3 is 1. The molecule has 3 heterocycles. The molecule has 5 nitrogen and oxygen atoms in total. The number of hydrogen-bond donors (Lipinski definition) is 0. The summed E-state index contributed by atoms with van der Waals surface area (Å²) in [6.45, 7) is 0. The van der Waals surface area contributed by atoms with E-state index in [-0.39, 0.29) is 17.7 Å². The molecule has 3 unspecified atom stereocenters. The molecule has 128 valence electrons. The van der Waals surface area contributed by atoms with Crippen LogP contribution in [0.25, 0.3) is 10.9 Å². The molecule has 2 bridgehead atoms. The summed E-state index contributed by atoms with van der Waals surface area (Å²) >= 11 is 0. The first-order chi connectivity index (χ1) is 12.7. The van der Waals surface area contributed by atoms with Gasteiger partial charge in [-0.15, -0.1) is 0 Å². The van der Waals surface area contributed by atoms with E-state index in [9.17, 15) is 4.79 Å². The van der Waals surface area contributed by atoms with Crippen molar-refractivity contribution in [1.29, 1.82) is 0 Å². The van der Waals surface area contributed by atoms with Gasteiger partial charge in [-0.3, -0.25) is 9.36 Å². The van der Waals surface area contributed by atoms with E-state index in [1.54, 1.807) is 13.3 Å². The van der Waals surface area contributed by atoms with E-state index >= 15 is 0 Å². The van der Waals surface area contributed by atoms with Crippen LogP contribution in [0.15, 0.2) is 47.4 Å². The molecule has 2 aliphatic rings. The molecule has 5 heteroatoms. The number of ether oxygens (including phenoxy) is 1. The summed E-state index contributed by atoms with van der Waals surface area (Å²) in [7, 11) is 1.72. The first-order valence-corrected chi connectivity index (χ1v) is 8.76. The van der Waals surface area contributed by atoms with Gasteiger partial charge in [0.2, 0.25) is 0 Å². The van der Waals surface area contributed by atoms with E-state index < -0.39 is 0 Å². The standard InChI is InChI=1S/C21H17N3O2/c1-26-19-12-14-11-18(19)24-20(14)23-17-10-13(6-8-16(17)21(24)25)5-7-15-4-2-3-9-22-15/h2-4,6,8-10,14,18-19H,11-12H2,1H3. The zero-order chi connectivity index (χ0) is 17.7. The molecule has 2 aromatic heterocycles. The van der Waals surface area contributed by atoms with Gasteiger partial charge in [0, 0.05) is 24.8 Å². The van der Waals surface area contributed by atoms with E-state index in [1.165, 1.54) is 0 Å². The number of benzene rings is 1. The molecule has 0 saturated heterocycles. The van der Waals surface area contributed by atoms with Gasteiger partial charge in [0.1, 0.15) is 11.5 Å². The van der Waals surface area contributed by atoms with Crippen molar-refractivity contribution in [2.24, 2.45) is 0 Å². The third-order valence-electron chi connectivity index (χ3n) is 5.40. The van der Waals surface area contributed by atoms with Crippen LogP contribution in [-0.2, 0) is 4.74 Å². The molecule has 3 aromatic rings. The Balaban J connectivity index is 1.60. The Kier molecular flexibility index (Phi) is 3.41. The number of aromatic nitrogens is 3. The van der Waals surface area contributed by atoms with E-state index in [2.05, 4.69) is 16.8 Å². The van der Waals surface area contributed by atoms with Crippen molar-refractivity contribution >= 4 is 10.9 Å². The minimum absolute atomic E-state index is 0.0310. The van der Waals surface area contributed by atoms with Gasteiger partial charge in [-0.05, 0) is 49.1 Å². The molecule has 1 fully saturated rings. The molecule has 1 saturated carbocycles. The lowest BCUT2D eigenvalue weighted by Gasteiger charge is -2.24. The van der Waals surface area contributed by atoms with Crippen molar-refractivity contribution in [1.82, 2.24) is 14.5 Å². The van der Waals surface area contributed by atoms with Gasteiger partial charge < -0.3 is 4.74 Å². The summed E-state index contributed by atoms with van der Waals surface area (Å²) in [5, 5.41) is 0.638. The van der Waals surface area contributed by atoms with Crippen LogP contribution in [0.2, 0.25) is 0 Å². The Morgan fingerprint density at radius 3 is 2.92 bits per heavy atom. The van der Waals surface area contributed by atoms with Crippen molar-refractivity contribution < 1.29 is 4.74 Å². The van der Waals surface area contributed by atoms with Gasteiger partial charge >= 0.3 is 0 Å². The second-order valence-corrected chi connectivity index (χ2v) is 6.85. The molecule has 26 heavy (non-hydrogen) atoms. The maximum Gasteiger partial charge on any atom is 0.261 e. The van der Waals surface area contributed by atoms with Crippen LogP contribution in [0.5, 0.6) is 0 Å². The van der Waals surface area contributed by atoms with Crippen LogP contribution in [0.3, 0.4) is 0 Å². The van der Waals surface area contributed by atoms with Crippen LogP contribution in [-0.4, -0.2) is 27.7 Å². The van der Waals surface area contributed by atoms with Gasteiger partial charge in [0.15, 0.2) is 0 Å². The largest absolute Gasteiger partial charge is 0.379 e. The summed E-state index contributed by atoms with van der Waals surface area (Å²) in [5.41, 5.74) is 2.30. The van der Waals surface area contributed by atoms with Gasteiger partial charge in [0.25, 0.3) is 5.56 Å². The average molecular weight is 343 g/mol. The van der Waals surface area contributed by atoms with Crippen LogP contribution < -0.4 is 5.56 Å². The molecule has 1 aromatic carbocycles. The van der Waals surface area contributed by atoms with Crippen LogP contribution in [0, 0.1) is 11.8 Å². The quantitative estimate of drug-likeness (QED) is 0.638. The molecular weight excluding hydrogens is 326 g/mol. The zero-order valence-corrected chi connectivity index (χ0v) is 14.3. The SMILES string of the molecule is COC1CC2CC1n1c2nc2cc(C#Cc3ccccn3)ccc2c1=O. The normalized spacial score (nSPS) is 22.9. The second kappa shape index (κ2) is 5.79. The number of hydrogen-bond acceptors (Lipinski definition) is 4. The molecule has 0 spiro atoms. The van der Waals surface area contributed by atoms with Gasteiger partial charge in [-0.1, -0.05) is 12.0 Å². The van der Waals surface area contributed by atoms with Crippen molar-refractivity contribution in [3.8, 4) is 11.8 Å². The number of rotatable bonds is 1. The Morgan fingerprint density at radius 2 is 2.12 bits per heavy atom. The molecule has 3 atom stereocenters. The van der Waals surface area contributed by atoms with Crippen molar-refractivity contribution in [2.75, 3.05) is 7.11 Å². The van der Waals surface area contributed by atoms with Crippen molar-refractivity contribution in [2.45, 2.75) is 30.9 Å². The molecule has 0 radical (unpaired) electrons. The van der Waals surface area contributed by atoms with E-state index in [0.29, 0.717) is 11.3 Å². The molecule has 0 amide bonds. The van der Waals surface area contributed by atoms with Gasteiger partial charge in [-0.2, -0.15) is 0 Å². The lowest BCUT2D eigenvalue weighted by atomic mass is 10.1. The summed E-state index contributed by atoms with van der Waals surface area (Å²) in [6, 6.07) is 11.4. The minimum atomic E-state index is 0.0310. The smallest absolute Gasteiger partial charge is 0.261 e. The fraction of sp³-hybridized carbons (Fsp3) is 0.286. The number of pyridine rings is 1. The van der Waals surface area contributed by atoms with E-state index in [4.69, 9.17) is 9.72 Å². The average Bonchev–Trinajstić information content (AvgIpc) is 3.26. The number of nitrogens with zero attached hydrogens (tertiary/aromatic N) is 3. The highest BCUT2D eigenvalue weighted by Gasteiger charge is 2.46. The fourth-order valence-corrected chi connectivity index (χ4v) is 4.19. The van der Waals surface area contributed by atoms with Crippen molar-refractivity contribution in [3.05, 3.63) is 70.0 Å². The summed E-state index contributed by atoms with van der Waals surface area (Å²) in [5.74, 6) is 7.36. The Morgan fingerprint density at radius 1 is 1.19 bits per heavy atom. The molecule has 0 N–H and O–H groups in total. The second-order valence-electron chi connectivity index (χ2n) is 6.85. The molecule has 1 aliphatic carbocycles. The Labute approximate surface area is 150 Å². The van der Waals surface area contributed by atoms with Crippen molar-refractivity contribution in [3.63, 3.8) is 0 Å². The highest BCUT2D eigenvalue weighted by atomic mass is 16.5. The number of fused-ring (bicyclic) bond motifs is 6. The third kappa shape index (κ3) is 2.27. The van der Waals surface area contributed by atoms with Crippen LogP contribution in [0.1, 0.15) is 41.9 Å². The van der Waals surface area contributed by atoms with Gasteiger partial charge in [0.05, 0.1) is 23.0 Å². The van der Waals surface area contributed by atoms with Crippen LogP contribution in [0.4, 0.5) is 0 Å². The fourth-order valence-electron chi connectivity index (χ4n) is 4.19. The highest BCUT2D eigenvalue weighted by molar-refractivity contribution is 5.79. The molecule has 5 rings (SSSR count). The highest BCUT2D eigenvalue weighted by Crippen LogP contribution is 2.48. The van der Waals surface area contributed by atoms with Gasteiger partial charge in [-0.25, -0.2) is 9.97 Å². The monoisotopic (exact) mass is 343 g/mol. The Bertz CT molecular complexity index is 1120. The topological polar surface area (TPSA) is 57.0 Å². The first-order valence-electron chi connectivity index (χ1n) is 8.76. The van der Waals surface area contributed by atoms with E-state index in [1.807, 2.05) is 41.0 Å². The zero-order valence-electron chi connectivity index (χ0n) is 14.3. The lowest BCUT2D eigenvalue weighted by molar-refractivity contribution is 0.0669. The summed E-state index contributed by atoms with van der Waals surface area (Å²) < 4.78 is 7.40. The summed E-state index contributed by atoms with van der Waals surface area (Å²) in [6.07, 6.45) is 3.73. The lowest BCUT2D eigenvalue weighted by Crippen LogP contribution is -2.33. The van der Waals surface area contributed by atoms with Crippen LogP contribution >= 0.6 is 0 Å². The maximum atomic E-state index is 13.0. The third-order valence-corrected chi connectivity index (χ3v) is 5.40. The minimum Gasteiger partial charge on any atom is -0.379 e. The predicted molar refractivity (Wildman–Crippen MR) is 98.0 cm³/mol. The molecular formula is C21H17N3O2. The summed E-state index contributed by atoms with van der Waals surface area (Å²) in [4.78, 5) is 22.0.